The summed E-state index contributed by atoms with van der Waals surface area (Å²) in [7, 11) is 1.63. The molecular formula is C27H27ClN10O. The fraction of sp³-hybridized carbons (Fsp3) is 0.296. The van der Waals surface area contributed by atoms with E-state index in [1.165, 1.54) is 6.20 Å². The van der Waals surface area contributed by atoms with Crippen molar-refractivity contribution in [1.82, 2.24) is 24.9 Å². The van der Waals surface area contributed by atoms with Gasteiger partial charge in [0.15, 0.2) is 5.65 Å². The number of halogens is 1. The largest absolute Gasteiger partial charge is 0.497 e. The lowest BCUT2D eigenvalue weighted by atomic mass is 10.1. The number of hydrogen-bond donors (Lipinski definition) is 2. The highest BCUT2D eigenvalue weighted by Gasteiger charge is 2.21. The van der Waals surface area contributed by atoms with Crippen LogP contribution in [0.4, 0.5) is 23.3 Å². The number of nitrogens with zero attached hydrogens (tertiary/aromatic N) is 8. The van der Waals surface area contributed by atoms with Gasteiger partial charge < -0.3 is 25.2 Å². The van der Waals surface area contributed by atoms with Gasteiger partial charge in [0.2, 0.25) is 11.9 Å². The zero-order valence-corrected chi connectivity index (χ0v) is 22.4. The third-order valence-electron chi connectivity index (χ3n) is 6.56. The van der Waals surface area contributed by atoms with Gasteiger partial charge in [-0.3, -0.25) is 0 Å². The molecule has 2 N–H and O–H groups in total. The maximum Gasteiger partial charge on any atom is 0.232 e. The van der Waals surface area contributed by atoms with E-state index in [1.807, 2.05) is 36.1 Å². The van der Waals surface area contributed by atoms with Crippen LogP contribution < -0.4 is 25.2 Å². The van der Waals surface area contributed by atoms with E-state index >= 15 is 0 Å². The maximum atomic E-state index is 9.70. The summed E-state index contributed by atoms with van der Waals surface area (Å²) in [5.41, 5.74) is 3.49. The molecule has 4 aromatic rings. The van der Waals surface area contributed by atoms with E-state index in [9.17, 15) is 10.5 Å². The van der Waals surface area contributed by atoms with Crippen molar-refractivity contribution in [3.8, 4) is 17.9 Å². The lowest BCUT2D eigenvalue weighted by Crippen LogP contribution is -2.43. The average molecular weight is 543 g/mol. The first kappa shape index (κ1) is 26.0. The van der Waals surface area contributed by atoms with Crippen molar-refractivity contribution in [2.45, 2.75) is 13.5 Å². The molecule has 0 radical (unpaired) electrons. The lowest BCUT2D eigenvalue weighted by molar-refractivity contribution is 0.414. The van der Waals surface area contributed by atoms with Gasteiger partial charge >= 0.3 is 0 Å². The number of methoxy groups -OCH3 is 1. The van der Waals surface area contributed by atoms with Crippen LogP contribution in [0.25, 0.3) is 5.65 Å². The third kappa shape index (κ3) is 5.36. The molecule has 0 unspecified atom stereocenters. The molecule has 11 nitrogen and oxygen atoms in total. The number of ether oxygens (including phenoxy) is 1. The number of fused-ring (bicyclic) bond motifs is 1. The first-order valence-electron chi connectivity index (χ1n) is 12.5. The summed E-state index contributed by atoms with van der Waals surface area (Å²) < 4.78 is 6.84. The topological polar surface area (TPSA) is 130 Å². The van der Waals surface area contributed by atoms with Crippen LogP contribution in [0.1, 0.15) is 23.6 Å². The third-order valence-corrected chi connectivity index (χ3v) is 6.95. The highest BCUT2D eigenvalue weighted by atomic mass is 35.5. The molecular weight excluding hydrogens is 516 g/mol. The van der Waals surface area contributed by atoms with Gasteiger partial charge in [-0.2, -0.15) is 30.1 Å². The zero-order valence-electron chi connectivity index (χ0n) is 21.6. The second kappa shape index (κ2) is 11.4. The van der Waals surface area contributed by atoms with Gasteiger partial charge in [-0.05, 0) is 36.8 Å². The molecule has 0 spiro atoms. The Morgan fingerprint density at radius 2 is 1.90 bits per heavy atom. The van der Waals surface area contributed by atoms with E-state index in [-0.39, 0.29) is 5.95 Å². The molecule has 0 amide bonds. The molecule has 1 fully saturated rings. The summed E-state index contributed by atoms with van der Waals surface area (Å²) in [4.78, 5) is 13.6. The van der Waals surface area contributed by atoms with Crippen LogP contribution in [0.5, 0.6) is 5.75 Å². The number of nitriles is 2. The Balaban J connectivity index is 1.55. The van der Waals surface area contributed by atoms with E-state index in [0.29, 0.717) is 46.5 Å². The number of rotatable bonds is 8. The number of anilines is 4. The van der Waals surface area contributed by atoms with Crippen LogP contribution in [-0.2, 0) is 6.54 Å². The molecule has 198 valence electrons. The van der Waals surface area contributed by atoms with Crippen molar-refractivity contribution in [3.05, 3.63) is 64.3 Å². The van der Waals surface area contributed by atoms with Gasteiger partial charge in [0, 0.05) is 39.3 Å². The number of benzene rings is 2. The van der Waals surface area contributed by atoms with Gasteiger partial charge in [-0.1, -0.05) is 23.7 Å². The molecule has 0 bridgehead atoms. The molecule has 2 aromatic carbocycles. The molecule has 0 saturated carbocycles. The highest BCUT2D eigenvalue weighted by Crippen LogP contribution is 2.36. The number of nitrogens with one attached hydrogen (secondary N) is 2. The van der Waals surface area contributed by atoms with Crippen molar-refractivity contribution in [1.29, 1.82) is 10.5 Å². The molecule has 1 aliphatic heterocycles. The van der Waals surface area contributed by atoms with Crippen LogP contribution in [-0.4, -0.2) is 59.4 Å². The first-order chi connectivity index (χ1) is 19.0. The number of hydrogen-bond acceptors (Lipinski definition) is 10. The molecule has 5 rings (SSSR count). The van der Waals surface area contributed by atoms with Crippen LogP contribution in [0, 0.1) is 22.7 Å². The van der Waals surface area contributed by atoms with Crippen molar-refractivity contribution in [2.75, 3.05) is 55.0 Å². The molecule has 2 aromatic heterocycles. The maximum absolute atomic E-state index is 9.70. The van der Waals surface area contributed by atoms with Crippen molar-refractivity contribution >= 4 is 40.5 Å². The quantitative estimate of drug-likeness (QED) is 0.339. The normalized spacial score (nSPS) is 13.1. The fourth-order valence-corrected chi connectivity index (χ4v) is 4.77. The minimum absolute atomic E-state index is 0.242. The van der Waals surface area contributed by atoms with E-state index < -0.39 is 0 Å². The van der Waals surface area contributed by atoms with Crippen LogP contribution in [0.15, 0.2) is 42.6 Å². The second-order valence-corrected chi connectivity index (χ2v) is 9.32. The minimum atomic E-state index is 0.242. The molecule has 0 atom stereocenters. The Morgan fingerprint density at radius 1 is 1.13 bits per heavy atom. The summed E-state index contributed by atoms with van der Waals surface area (Å²) >= 11 is 6.86. The van der Waals surface area contributed by atoms with E-state index in [1.54, 1.807) is 23.8 Å². The minimum Gasteiger partial charge on any atom is -0.497 e. The Labute approximate surface area is 231 Å². The van der Waals surface area contributed by atoms with Crippen molar-refractivity contribution in [2.24, 2.45) is 0 Å². The van der Waals surface area contributed by atoms with Crippen molar-refractivity contribution < 1.29 is 4.74 Å². The molecule has 1 aliphatic rings. The van der Waals surface area contributed by atoms with Gasteiger partial charge in [0.1, 0.15) is 17.4 Å². The monoisotopic (exact) mass is 542 g/mol. The Morgan fingerprint density at radius 3 is 2.56 bits per heavy atom. The highest BCUT2D eigenvalue weighted by molar-refractivity contribution is 6.36. The van der Waals surface area contributed by atoms with Crippen LogP contribution >= 0.6 is 11.6 Å². The molecule has 12 heteroatoms. The number of piperazine rings is 1. The Bertz CT molecular complexity index is 1560. The summed E-state index contributed by atoms with van der Waals surface area (Å²) in [5.74, 6) is 1.53. The summed E-state index contributed by atoms with van der Waals surface area (Å²) in [5, 5.41) is 30.8. The zero-order chi connectivity index (χ0) is 27.4. The number of aromatic nitrogens is 4. The van der Waals surface area contributed by atoms with Gasteiger partial charge in [0.05, 0.1) is 41.3 Å². The predicted octanol–water partition coefficient (Wildman–Crippen LogP) is 3.71. The van der Waals surface area contributed by atoms with Crippen LogP contribution in [0.3, 0.4) is 0 Å². The van der Waals surface area contributed by atoms with Crippen LogP contribution in [0.2, 0.25) is 5.02 Å². The fourth-order valence-electron chi connectivity index (χ4n) is 4.50. The Kier molecular flexibility index (Phi) is 7.64. The Hall–Kier alpha value is -4.58. The summed E-state index contributed by atoms with van der Waals surface area (Å²) in [6.07, 6.45) is 1.48. The van der Waals surface area contributed by atoms with E-state index in [2.05, 4.69) is 37.8 Å². The summed E-state index contributed by atoms with van der Waals surface area (Å²) in [6.45, 7) is 6.41. The van der Waals surface area contributed by atoms with Gasteiger partial charge in [-0.15, -0.1) is 0 Å². The van der Waals surface area contributed by atoms with Crippen molar-refractivity contribution in [3.63, 3.8) is 0 Å². The predicted molar refractivity (Wildman–Crippen MR) is 150 cm³/mol. The van der Waals surface area contributed by atoms with Gasteiger partial charge in [-0.25, -0.2) is 0 Å². The average Bonchev–Trinajstić information content (AvgIpc) is 3.40. The lowest BCUT2D eigenvalue weighted by Gasteiger charge is -2.31. The standard InChI is InChI=1S/C27H27ClN10O/c1-3-36(17-18-4-6-21(39-2)7-5-18)27-35-26(34-25-20(15-30)16-32-38(25)27)33-22-12-19(14-29)13-23(24(22)28)37-10-8-31-9-11-37/h4-7,12-13,16,31H,3,8-11,17H2,1-2H3,(H,33,34). The second-order valence-electron chi connectivity index (χ2n) is 8.95. The molecule has 0 aliphatic carbocycles. The first-order valence-corrected chi connectivity index (χ1v) is 12.9. The molecule has 39 heavy (non-hydrogen) atoms. The smallest absolute Gasteiger partial charge is 0.232 e. The van der Waals surface area contributed by atoms with E-state index in [4.69, 9.17) is 21.3 Å². The van der Waals surface area contributed by atoms with E-state index in [0.717, 1.165) is 43.2 Å². The summed E-state index contributed by atoms with van der Waals surface area (Å²) in [6, 6.07) is 15.7. The molecule has 1 saturated heterocycles. The van der Waals surface area contributed by atoms with Gasteiger partial charge in [0.25, 0.3) is 0 Å². The SMILES string of the molecule is CCN(Cc1ccc(OC)cc1)c1nc(Nc2cc(C#N)cc(N3CCNCC3)c2Cl)nc2c(C#N)cnn12. The molecule has 3 heterocycles.